The second-order valence-electron chi connectivity index (χ2n) is 8.12. The predicted molar refractivity (Wildman–Crippen MR) is 131 cm³/mol. The van der Waals surface area contributed by atoms with Crippen LogP contribution in [0.15, 0.2) is 91.0 Å². The van der Waals surface area contributed by atoms with Gasteiger partial charge in [0, 0.05) is 11.1 Å². The van der Waals surface area contributed by atoms with Gasteiger partial charge < -0.3 is 0 Å². The van der Waals surface area contributed by atoms with Gasteiger partial charge >= 0.3 is 0 Å². The molecule has 0 N–H and O–H groups in total. The Morgan fingerprint density at radius 1 is 0.621 bits per heavy atom. The summed E-state index contributed by atoms with van der Waals surface area (Å²) in [7, 11) is 3.27. The van der Waals surface area contributed by atoms with Gasteiger partial charge in [-0.05, 0) is 23.1 Å². The normalized spacial score (nSPS) is 12.6. The highest BCUT2D eigenvalue weighted by Gasteiger charge is 2.38. The third-order valence-corrected chi connectivity index (χ3v) is 7.17. The molecule has 0 bridgehead atoms. The number of hydrogen-bond donors (Lipinski definition) is 0. The van der Waals surface area contributed by atoms with Crippen LogP contribution in [0.5, 0.6) is 0 Å². The molecule has 1 heteroatoms. The van der Waals surface area contributed by atoms with Gasteiger partial charge in [-0.2, -0.15) is 0 Å². The second-order valence-corrected chi connectivity index (χ2v) is 9.03. The zero-order chi connectivity index (χ0) is 20.4. The van der Waals surface area contributed by atoms with E-state index in [4.69, 9.17) is 0 Å². The summed E-state index contributed by atoms with van der Waals surface area (Å²) in [5.41, 5.74) is 4.18. The molecule has 0 aliphatic rings. The van der Waals surface area contributed by atoms with Crippen molar-refractivity contribution in [1.29, 1.82) is 0 Å². The molecule has 0 heterocycles. The molecule has 0 saturated heterocycles. The maximum absolute atomic E-state index is 3.27. The molecule has 0 fully saturated rings. The first-order chi connectivity index (χ1) is 14.3. The Bertz CT molecular complexity index is 771. The van der Waals surface area contributed by atoms with E-state index < -0.39 is 0 Å². The molecule has 2 atom stereocenters. The molecule has 3 aromatic rings. The van der Waals surface area contributed by atoms with E-state index >= 15 is 0 Å². The summed E-state index contributed by atoms with van der Waals surface area (Å²) in [5, 5.41) is -0.132. The number of rotatable bonds is 11. The first-order valence-electron chi connectivity index (χ1n) is 11.2. The van der Waals surface area contributed by atoms with E-state index in [-0.39, 0.29) is 5.16 Å². The van der Waals surface area contributed by atoms with Crippen molar-refractivity contribution in [1.82, 2.24) is 0 Å². The summed E-state index contributed by atoms with van der Waals surface area (Å²) in [4.78, 5) is 0. The standard InChI is InChI=1S/C28H35P/c1-2-3-4-5-6-16-23-27(24-17-10-7-11-18-24)28(29,25-19-12-8-13-20-25)26-21-14-9-15-22-26/h7-15,17-22,27H,2-6,16,23,29H2,1H3. The first kappa shape index (κ1) is 21.8. The van der Waals surface area contributed by atoms with Crippen molar-refractivity contribution in [3.8, 4) is 0 Å². The summed E-state index contributed by atoms with van der Waals surface area (Å²) in [6.45, 7) is 2.29. The molecule has 0 spiro atoms. The van der Waals surface area contributed by atoms with E-state index in [0.29, 0.717) is 5.92 Å². The van der Waals surface area contributed by atoms with E-state index in [0.717, 1.165) is 0 Å². The minimum atomic E-state index is -0.132. The van der Waals surface area contributed by atoms with Gasteiger partial charge in [0.2, 0.25) is 0 Å². The average molecular weight is 403 g/mol. The number of hydrogen-bond acceptors (Lipinski definition) is 0. The Balaban J connectivity index is 1.95. The van der Waals surface area contributed by atoms with Crippen LogP contribution in [0.25, 0.3) is 0 Å². The molecule has 152 valence electrons. The predicted octanol–water partition coefficient (Wildman–Crippen LogP) is 8.34. The fourth-order valence-electron chi connectivity index (χ4n) is 4.47. The Morgan fingerprint density at radius 2 is 1.07 bits per heavy atom. The molecule has 0 nitrogen and oxygen atoms in total. The van der Waals surface area contributed by atoms with Crippen molar-refractivity contribution in [2.75, 3.05) is 0 Å². The maximum atomic E-state index is 3.27. The van der Waals surface area contributed by atoms with Crippen molar-refractivity contribution < 1.29 is 0 Å². The van der Waals surface area contributed by atoms with E-state index in [1.54, 1.807) is 0 Å². The lowest BCUT2D eigenvalue weighted by atomic mass is 9.74. The van der Waals surface area contributed by atoms with E-state index in [1.807, 2.05) is 0 Å². The highest BCUT2D eigenvalue weighted by atomic mass is 31.0. The van der Waals surface area contributed by atoms with Gasteiger partial charge in [0.25, 0.3) is 0 Å². The number of unbranched alkanes of at least 4 members (excludes halogenated alkanes) is 5. The zero-order valence-corrected chi connectivity index (χ0v) is 18.9. The molecular formula is C28H35P. The van der Waals surface area contributed by atoms with E-state index in [9.17, 15) is 0 Å². The molecule has 0 saturated carbocycles. The fraction of sp³-hybridized carbons (Fsp3) is 0.357. The molecule has 0 amide bonds. The third kappa shape index (κ3) is 5.58. The van der Waals surface area contributed by atoms with Crippen LogP contribution >= 0.6 is 9.24 Å². The SMILES string of the molecule is CCCCCCCCC(c1ccccc1)C(P)(c1ccccc1)c1ccccc1. The quantitative estimate of drug-likeness (QED) is 0.223. The van der Waals surface area contributed by atoms with Crippen LogP contribution in [0, 0.1) is 0 Å². The van der Waals surface area contributed by atoms with E-state index in [2.05, 4.69) is 107 Å². The molecule has 0 aromatic heterocycles. The van der Waals surface area contributed by atoms with Gasteiger partial charge in [0.05, 0.1) is 0 Å². The molecule has 0 radical (unpaired) electrons. The molecule has 0 aliphatic heterocycles. The largest absolute Gasteiger partial charge is 0.121 e. The Labute approximate surface area is 180 Å². The molecule has 0 aliphatic carbocycles. The Kier molecular flexibility index (Phi) is 8.51. The van der Waals surface area contributed by atoms with Gasteiger partial charge in [-0.1, -0.05) is 136 Å². The van der Waals surface area contributed by atoms with Crippen LogP contribution in [0.4, 0.5) is 0 Å². The second kappa shape index (κ2) is 11.3. The van der Waals surface area contributed by atoms with Crippen LogP contribution in [-0.2, 0) is 5.16 Å². The minimum absolute atomic E-state index is 0.132. The number of benzene rings is 3. The van der Waals surface area contributed by atoms with Gasteiger partial charge in [0.15, 0.2) is 0 Å². The van der Waals surface area contributed by atoms with Gasteiger partial charge in [-0.15, -0.1) is 9.24 Å². The van der Waals surface area contributed by atoms with Crippen molar-refractivity contribution >= 4 is 9.24 Å². The Morgan fingerprint density at radius 3 is 1.59 bits per heavy atom. The lowest BCUT2D eigenvalue weighted by Crippen LogP contribution is -2.29. The van der Waals surface area contributed by atoms with Crippen LogP contribution in [0.3, 0.4) is 0 Å². The fourth-order valence-corrected chi connectivity index (χ4v) is 5.21. The molecular weight excluding hydrogens is 367 g/mol. The van der Waals surface area contributed by atoms with Crippen LogP contribution in [-0.4, -0.2) is 0 Å². The van der Waals surface area contributed by atoms with Crippen molar-refractivity contribution in [3.63, 3.8) is 0 Å². The van der Waals surface area contributed by atoms with E-state index in [1.165, 1.54) is 61.6 Å². The van der Waals surface area contributed by atoms with Gasteiger partial charge in [0.1, 0.15) is 0 Å². The highest BCUT2D eigenvalue weighted by molar-refractivity contribution is 7.19. The molecule has 3 aromatic carbocycles. The lowest BCUT2D eigenvalue weighted by Gasteiger charge is -2.39. The molecule has 29 heavy (non-hydrogen) atoms. The van der Waals surface area contributed by atoms with Crippen molar-refractivity contribution in [2.45, 2.75) is 62.9 Å². The molecule has 2 unspecified atom stereocenters. The van der Waals surface area contributed by atoms with Crippen LogP contribution in [0.1, 0.15) is 74.5 Å². The van der Waals surface area contributed by atoms with Crippen LogP contribution < -0.4 is 0 Å². The summed E-state index contributed by atoms with van der Waals surface area (Å²) < 4.78 is 0. The third-order valence-electron chi connectivity index (χ3n) is 6.10. The highest BCUT2D eigenvalue weighted by Crippen LogP contribution is 2.51. The van der Waals surface area contributed by atoms with Crippen molar-refractivity contribution in [3.05, 3.63) is 108 Å². The topological polar surface area (TPSA) is 0 Å². The summed E-state index contributed by atoms with van der Waals surface area (Å²) in [6.07, 6.45) is 9.20. The average Bonchev–Trinajstić information content (AvgIpc) is 2.80. The first-order valence-corrected chi connectivity index (χ1v) is 11.8. The minimum Gasteiger partial charge on any atom is -0.121 e. The zero-order valence-electron chi connectivity index (χ0n) is 17.8. The van der Waals surface area contributed by atoms with Crippen molar-refractivity contribution in [2.24, 2.45) is 0 Å². The molecule has 3 rings (SSSR count). The monoisotopic (exact) mass is 402 g/mol. The summed E-state index contributed by atoms with van der Waals surface area (Å²) in [5.74, 6) is 0.421. The summed E-state index contributed by atoms with van der Waals surface area (Å²) >= 11 is 0. The lowest BCUT2D eigenvalue weighted by molar-refractivity contribution is 0.480. The van der Waals surface area contributed by atoms with Gasteiger partial charge in [-0.3, -0.25) is 0 Å². The van der Waals surface area contributed by atoms with Gasteiger partial charge in [-0.25, -0.2) is 0 Å². The maximum Gasteiger partial charge on any atom is 0.0412 e. The Hall–Kier alpha value is -1.91. The smallest absolute Gasteiger partial charge is 0.0412 e. The van der Waals surface area contributed by atoms with Crippen LogP contribution in [0.2, 0.25) is 0 Å². The summed E-state index contributed by atoms with van der Waals surface area (Å²) in [6, 6.07) is 33.2.